The first-order valence-corrected chi connectivity index (χ1v) is 42.7. The first-order valence-electron chi connectivity index (χ1n) is 40.8. The van der Waals surface area contributed by atoms with Gasteiger partial charge in [0.1, 0.15) is 23.3 Å². The number of sulfone groups is 1. The number of aromatic nitrogens is 13. The van der Waals surface area contributed by atoms with Crippen LogP contribution in [-0.2, 0) is 49.9 Å². The lowest BCUT2D eigenvalue weighted by atomic mass is 10.2. The van der Waals surface area contributed by atoms with Crippen molar-refractivity contribution in [2.45, 2.75) is 46.6 Å². The summed E-state index contributed by atoms with van der Waals surface area (Å²) < 4.78 is 57.5. The SMILES string of the molecule is C(=N\Nc1cc(N2CCOCC2)nc(OCCc2ccccn2)n1)/c1ccccc1.Cc1cc(/C=N/Nc2cc(N3CCOCC3)nc(OCCc3ccccn3)n2)ccn1.Cc1cccc(/C=N/Nc2cc(N3CCOCC3)nc(NCc3ccccn3)n2)c1.Cc1cccc(/C=N/Nc2cc(N3CCS(=O)(=O)CC3)nc(OCCc3ccccn3)n2)c1. The lowest BCUT2D eigenvalue weighted by Crippen LogP contribution is -2.40. The molecule has 640 valence electrons. The van der Waals surface area contributed by atoms with Gasteiger partial charge in [0.25, 0.3) is 0 Å². The molecule has 0 radical (unpaired) electrons. The molecule has 0 unspecified atom stereocenters. The molecule has 4 aliphatic rings. The number of benzene rings is 3. The summed E-state index contributed by atoms with van der Waals surface area (Å²) in [5, 5.41) is 20.5. The van der Waals surface area contributed by atoms with E-state index in [0.717, 1.165) is 113 Å². The Hall–Kier alpha value is -14.2. The van der Waals surface area contributed by atoms with Crippen molar-refractivity contribution < 1.29 is 36.8 Å². The van der Waals surface area contributed by atoms with Crippen molar-refractivity contribution in [2.24, 2.45) is 20.4 Å². The number of aryl methyl sites for hydroxylation is 3. The zero-order chi connectivity index (χ0) is 85.4. The molecule has 0 bridgehead atoms. The van der Waals surface area contributed by atoms with E-state index in [2.05, 4.69) is 146 Å². The van der Waals surface area contributed by atoms with E-state index in [9.17, 15) is 8.42 Å². The number of hydrogen-bond donors (Lipinski definition) is 5. The van der Waals surface area contributed by atoms with Crippen LogP contribution in [0.4, 0.5) is 52.5 Å². The molecule has 4 fully saturated rings. The molecule has 4 aliphatic heterocycles. The van der Waals surface area contributed by atoms with Crippen LogP contribution in [0.3, 0.4) is 0 Å². The summed E-state index contributed by atoms with van der Waals surface area (Å²) in [6.45, 7) is 17.3. The fraction of sp³-hybridized carbons (Fsp3) is 0.292. The Bertz CT molecular complexity index is 5500. The standard InChI is InChI=1S/C23H26N6O3S.C22H25N7O2.C22H25N7O.C22H24N6O2/c1-18-5-4-6-19(15-18)17-25-28-21-16-22(29-10-13-33(30,31)14-11-29)27-23(26-21)32-12-8-20-7-2-3-9-24-20;1-17-14-18(5-8-23-17)16-25-28-20-15-21(29-9-12-30-13-10-29)27-22(26-20)31-11-6-19-4-2-3-7-24-19;1-17-5-4-6-18(13-17)15-25-28-20-14-21(29-9-11-30-12-10-29)27-22(26-20)24-16-19-7-2-3-8-23-19;1-2-6-18(7-3-1)17-24-27-20-16-21(28-11-14-29-15-12-28)26-22(25-20)30-13-9-19-8-4-5-10-23-19/h2-7,9,15-17H,8,10-14H2,1H3,(H,26,27,28);2-5,7-8,14-16H,6,9-13H2,1H3,(H,26,27,28);2-8,13-15H,9-12,16H2,1H3,(H2,24,26,27,28);1-8,10,16-17H,9,11-15H2,(H,25,26,27)/b25-17+;25-16+;25-15+;24-17+. The second-order valence-electron chi connectivity index (χ2n) is 28.4. The molecule has 3 aromatic carbocycles. The topological polar surface area (TPSA) is 380 Å². The minimum atomic E-state index is -3.00. The zero-order valence-corrected chi connectivity index (χ0v) is 70.2. The molecule has 34 nitrogen and oxygen atoms in total. The van der Waals surface area contributed by atoms with Crippen molar-refractivity contribution >= 4 is 87.2 Å². The molecule has 0 atom stereocenters. The Labute approximate surface area is 720 Å². The van der Waals surface area contributed by atoms with Crippen molar-refractivity contribution in [2.75, 3.05) is 170 Å². The van der Waals surface area contributed by atoms with Crippen molar-refractivity contribution in [1.82, 2.24) is 64.8 Å². The first kappa shape index (κ1) is 87.7. The highest BCUT2D eigenvalue weighted by molar-refractivity contribution is 7.91. The lowest BCUT2D eigenvalue weighted by Gasteiger charge is -2.28. The maximum atomic E-state index is 11.8. The van der Waals surface area contributed by atoms with Crippen molar-refractivity contribution in [3.63, 3.8) is 0 Å². The summed E-state index contributed by atoms with van der Waals surface area (Å²) in [4.78, 5) is 66.1. The second-order valence-corrected chi connectivity index (χ2v) is 30.7. The van der Waals surface area contributed by atoms with Gasteiger partial charge in [0.05, 0.1) is 108 Å². The Balaban J connectivity index is 0.000000142. The lowest BCUT2D eigenvalue weighted by molar-refractivity contribution is 0.122. The van der Waals surface area contributed by atoms with Gasteiger partial charge in [0.15, 0.2) is 33.1 Å². The minimum Gasteiger partial charge on any atom is -0.463 e. The number of pyridine rings is 5. The average molecular weight is 1690 g/mol. The normalized spacial score (nSPS) is 14.4. The van der Waals surface area contributed by atoms with Gasteiger partial charge in [-0.2, -0.15) is 60.3 Å². The van der Waals surface area contributed by atoms with Crippen LogP contribution in [0.5, 0.6) is 18.0 Å². The van der Waals surface area contributed by atoms with Gasteiger partial charge in [-0.1, -0.05) is 114 Å². The minimum absolute atomic E-state index is 0.0984. The van der Waals surface area contributed by atoms with Gasteiger partial charge < -0.3 is 53.3 Å². The maximum absolute atomic E-state index is 11.8. The van der Waals surface area contributed by atoms with E-state index in [4.69, 9.17) is 28.4 Å². The number of ether oxygens (including phenoxy) is 6. The van der Waals surface area contributed by atoms with Gasteiger partial charge in [-0.3, -0.25) is 46.6 Å². The summed E-state index contributed by atoms with van der Waals surface area (Å²) in [6, 6.07) is 61.3. The van der Waals surface area contributed by atoms with E-state index < -0.39 is 9.84 Å². The largest absolute Gasteiger partial charge is 0.463 e. The molecule has 9 aromatic heterocycles. The summed E-state index contributed by atoms with van der Waals surface area (Å²) in [5.74, 6) is 5.95. The Morgan fingerprint density at radius 1 is 0.355 bits per heavy atom. The molecule has 0 aliphatic carbocycles. The Morgan fingerprint density at radius 2 is 0.710 bits per heavy atom. The van der Waals surface area contributed by atoms with Crippen LogP contribution in [0.15, 0.2) is 239 Å². The van der Waals surface area contributed by atoms with Crippen LogP contribution in [0, 0.1) is 20.8 Å². The third kappa shape index (κ3) is 29.9. The van der Waals surface area contributed by atoms with E-state index >= 15 is 0 Å². The maximum Gasteiger partial charge on any atom is 0.320 e. The summed E-state index contributed by atoms with van der Waals surface area (Å²) in [5.41, 5.74) is 22.9. The average Bonchev–Trinajstić information content (AvgIpc) is 0.864. The van der Waals surface area contributed by atoms with Gasteiger partial charge in [-0.25, -0.2) is 8.42 Å². The number of morpholine rings is 3. The summed E-state index contributed by atoms with van der Waals surface area (Å²) in [7, 11) is -3.00. The number of anilines is 9. The highest BCUT2D eigenvalue weighted by Gasteiger charge is 2.25. The van der Waals surface area contributed by atoms with Crippen LogP contribution in [0.1, 0.15) is 61.9 Å². The predicted molar refractivity (Wildman–Crippen MR) is 483 cm³/mol. The van der Waals surface area contributed by atoms with Crippen molar-refractivity contribution in [3.8, 4) is 18.0 Å². The highest BCUT2D eigenvalue weighted by Crippen LogP contribution is 2.26. The first-order chi connectivity index (χ1) is 60.8. The zero-order valence-electron chi connectivity index (χ0n) is 69.4. The van der Waals surface area contributed by atoms with Crippen LogP contribution < -0.4 is 60.8 Å². The van der Waals surface area contributed by atoms with Gasteiger partial charge in [-0.05, 0) is 104 Å². The van der Waals surface area contributed by atoms with E-state index in [1.165, 1.54) is 5.56 Å². The van der Waals surface area contributed by atoms with Crippen LogP contribution in [0.2, 0.25) is 0 Å². The van der Waals surface area contributed by atoms with E-state index in [-0.39, 0.29) is 17.5 Å². The van der Waals surface area contributed by atoms with E-state index in [1.807, 2.05) is 189 Å². The molecular formula is C89H100N26O8S. The fourth-order valence-electron chi connectivity index (χ4n) is 12.6. The molecule has 12 aromatic rings. The number of nitrogens with zero attached hydrogens (tertiary/aromatic N) is 21. The van der Waals surface area contributed by atoms with Crippen molar-refractivity contribution in [1.29, 1.82) is 0 Å². The molecule has 13 heterocycles. The quantitative estimate of drug-likeness (QED) is 0.0199. The van der Waals surface area contributed by atoms with E-state index in [1.54, 1.807) is 61.9 Å². The molecule has 0 amide bonds. The monoisotopic (exact) mass is 1690 g/mol. The molecule has 35 heteroatoms. The molecule has 4 saturated heterocycles. The highest BCUT2D eigenvalue weighted by atomic mass is 32.2. The van der Waals surface area contributed by atoms with Crippen LogP contribution in [0.25, 0.3) is 0 Å². The molecular weight excluding hydrogens is 1590 g/mol. The smallest absolute Gasteiger partial charge is 0.320 e. The van der Waals surface area contributed by atoms with Gasteiger partial charge in [0, 0.05) is 150 Å². The molecule has 0 spiro atoms. The van der Waals surface area contributed by atoms with Crippen LogP contribution >= 0.6 is 0 Å². The molecule has 5 N–H and O–H groups in total. The summed E-state index contributed by atoms with van der Waals surface area (Å²) in [6.07, 6.45) is 17.8. The number of rotatable bonds is 31. The second kappa shape index (κ2) is 47.2. The number of hydrazone groups is 4. The number of nitrogens with one attached hydrogen (secondary N) is 5. The van der Waals surface area contributed by atoms with Crippen LogP contribution in [-0.4, -0.2) is 221 Å². The fourth-order valence-corrected chi connectivity index (χ4v) is 13.8. The Morgan fingerprint density at radius 3 is 1.10 bits per heavy atom. The molecule has 16 rings (SSSR count). The molecule has 0 saturated carbocycles. The van der Waals surface area contributed by atoms with Gasteiger partial charge >= 0.3 is 18.0 Å². The molecule has 124 heavy (non-hydrogen) atoms. The predicted octanol–water partition coefficient (Wildman–Crippen LogP) is 10.8. The summed E-state index contributed by atoms with van der Waals surface area (Å²) >= 11 is 0. The number of hydrogen-bond acceptors (Lipinski definition) is 34. The van der Waals surface area contributed by atoms with E-state index in [0.29, 0.717) is 145 Å². The third-order valence-electron chi connectivity index (χ3n) is 18.9. The van der Waals surface area contributed by atoms with Crippen molar-refractivity contribution in [3.05, 3.63) is 281 Å². The Kier molecular flexibility index (Phi) is 33.3. The van der Waals surface area contributed by atoms with Gasteiger partial charge in [-0.15, -0.1) is 0 Å². The van der Waals surface area contributed by atoms with Gasteiger partial charge in [0.2, 0.25) is 5.95 Å². The third-order valence-corrected chi connectivity index (χ3v) is 20.5.